The van der Waals surface area contributed by atoms with Gasteiger partial charge in [-0.3, -0.25) is 9.69 Å². The number of carbonyl (C=O) groups excluding carboxylic acids is 2. The zero-order valence-electron chi connectivity index (χ0n) is 24.0. The van der Waals surface area contributed by atoms with Crippen LogP contribution in [0.2, 0.25) is 0 Å². The van der Waals surface area contributed by atoms with Gasteiger partial charge < -0.3 is 9.64 Å². The first-order chi connectivity index (χ1) is 19.6. The van der Waals surface area contributed by atoms with Crippen LogP contribution in [0.15, 0.2) is 72.3 Å². The molecular formula is C35H44N2O3. The second-order valence-electron chi connectivity index (χ2n) is 11.8. The van der Waals surface area contributed by atoms with Crippen LogP contribution in [0.3, 0.4) is 0 Å². The molecule has 0 amide bonds. The first-order valence-corrected chi connectivity index (χ1v) is 15.2. The highest BCUT2D eigenvalue weighted by molar-refractivity contribution is 5.96. The number of nitrogens with zero attached hydrogens (tertiary/aromatic N) is 2. The van der Waals surface area contributed by atoms with Gasteiger partial charge in [0.1, 0.15) is 0 Å². The number of esters is 1. The third-order valence-corrected chi connectivity index (χ3v) is 9.00. The topological polar surface area (TPSA) is 49.9 Å². The van der Waals surface area contributed by atoms with Crippen LogP contribution in [0.1, 0.15) is 65.6 Å². The predicted molar refractivity (Wildman–Crippen MR) is 160 cm³/mol. The summed E-state index contributed by atoms with van der Waals surface area (Å²) in [6, 6.07) is 17.2. The molecule has 1 atom stereocenters. The number of methoxy groups -OCH3 is 1. The molecule has 2 heterocycles. The standard InChI is InChI=1S/C35H44N2O3/c1-40-35(39)31-12-10-29(11-13-31)26-36-20-16-27(17-21-36)8-5-9-34(38)33-15-14-30-18-22-37(23-19-32(30)24-33)25-28-6-3-2-4-7-28/h2-4,6-7,10,12-15,24,27,29H,5,8-9,11,16-23,25-26H2,1H3. The van der Waals surface area contributed by atoms with Crippen LogP contribution in [0, 0.1) is 11.8 Å². The van der Waals surface area contributed by atoms with Gasteiger partial charge in [-0.05, 0) is 92.6 Å². The molecule has 1 saturated heterocycles. The van der Waals surface area contributed by atoms with Crippen LogP contribution in [0.5, 0.6) is 0 Å². The van der Waals surface area contributed by atoms with Gasteiger partial charge in [0.25, 0.3) is 0 Å². The van der Waals surface area contributed by atoms with E-state index in [4.69, 9.17) is 4.74 Å². The summed E-state index contributed by atoms with van der Waals surface area (Å²) in [4.78, 5) is 29.8. The average Bonchev–Trinajstić information content (AvgIpc) is 3.20. The van der Waals surface area contributed by atoms with Crippen molar-refractivity contribution in [3.05, 3.63) is 94.6 Å². The highest BCUT2D eigenvalue weighted by Crippen LogP contribution is 2.26. The number of ketones is 1. The van der Waals surface area contributed by atoms with Gasteiger partial charge in [0.2, 0.25) is 0 Å². The van der Waals surface area contributed by atoms with Gasteiger partial charge in [0.05, 0.1) is 12.7 Å². The zero-order valence-corrected chi connectivity index (χ0v) is 24.0. The Bertz CT molecular complexity index is 1210. The van der Waals surface area contributed by atoms with Crippen molar-refractivity contribution >= 4 is 11.8 Å². The fraction of sp³-hybridized carbons (Fsp3) is 0.486. The quantitative estimate of drug-likeness (QED) is 0.272. The Labute approximate surface area is 239 Å². The number of carbonyl (C=O) groups is 2. The Kier molecular flexibility index (Phi) is 10.0. The van der Waals surface area contributed by atoms with Crippen LogP contribution in [0.25, 0.3) is 0 Å². The van der Waals surface area contributed by atoms with Crippen molar-refractivity contribution in [1.29, 1.82) is 0 Å². The van der Waals surface area contributed by atoms with E-state index in [9.17, 15) is 9.59 Å². The number of fused-ring (bicyclic) bond motifs is 1. The van der Waals surface area contributed by atoms with Crippen LogP contribution < -0.4 is 0 Å². The lowest BCUT2D eigenvalue weighted by Gasteiger charge is -2.34. The van der Waals surface area contributed by atoms with E-state index in [0.29, 0.717) is 23.7 Å². The number of piperidine rings is 1. The fourth-order valence-corrected chi connectivity index (χ4v) is 6.50. The number of allylic oxidation sites excluding steroid dienone is 1. The number of hydrogen-bond donors (Lipinski definition) is 0. The van der Waals surface area contributed by atoms with E-state index >= 15 is 0 Å². The van der Waals surface area contributed by atoms with Gasteiger partial charge in [-0.1, -0.05) is 60.7 Å². The van der Waals surface area contributed by atoms with Gasteiger partial charge in [-0.15, -0.1) is 0 Å². The second-order valence-corrected chi connectivity index (χ2v) is 11.8. The van der Waals surface area contributed by atoms with E-state index in [1.807, 2.05) is 12.2 Å². The summed E-state index contributed by atoms with van der Waals surface area (Å²) in [7, 11) is 1.43. The molecule has 5 heteroatoms. The lowest BCUT2D eigenvalue weighted by molar-refractivity contribution is -0.135. The van der Waals surface area contributed by atoms with Gasteiger partial charge >= 0.3 is 5.97 Å². The molecule has 0 bridgehead atoms. The second kappa shape index (κ2) is 14.0. The molecule has 0 saturated carbocycles. The molecule has 40 heavy (non-hydrogen) atoms. The average molecular weight is 541 g/mol. The lowest BCUT2D eigenvalue weighted by Crippen LogP contribution is -2.37. The van der Waals surface area contributed by atoms with Crippen molar-refractivity contribution in [2.45, 2.75) is 57.9 Å². The number of hydrogen-bond acceptors (Lipinski definition) is 5. The van der Waals surface area contributed by atoms with Crippen LogP contribution in [0.4, 0.5) is 0 Å². The first-order valence-electron chi connectivity index (χ1n) is 15.2. The molecule has 0 N–H and O–H groups in total. The molecule has 5 rings (SSSR count). The van der Waals surface area contributed by atoms with E-state index in [1.165, 1.54) is 36.6 Å². The molecule has 212 valence electrons. The molecule has 1 fully saturated rings. The maximum atomic E-state index is 13.1. The van der Waals surface area contributed by atoms with Crippen molar-refractivity contribution in [1.82, 2.24) is 9.80 Å². The highest BCUT2D eigenvalue weighted by Gasteiger charge is 2.23. The Balaban J connectivity index is 1.01. The van der Waals surface area contributed by atoms with Gasteiger partial charge in [0.15, 0.2) is 5.78 Å². The summed E-state index contributed by atoms with van der Waals surface area (Å²) in [6.45, 7) is 6.41. The van der Waals surface area contributed by atoms with Crippen molar-refractivity contribution < 1.29 is 14.3 Å². The fourth-order valence-electron chi connectivity index (χ4n) is 6.50. The van der Waals surface area contributed by atoms with Crippen LogP contribution in [-0.2, 0) is 28.9 Å². The van der Waals surface area contributed by atoms with Crippen LogP contribution in [-0.4, -0.2) is 61.4 Å². The monoisotopic (exact) mass is 540 g/mol. The van der Waals surface area contributed by atoms with Gasteiger partial charge in [-0.2, -0.15) is 0 Å². The minimum absolute atomic E-state index is 0.248. The first kappa shape index (κ1) is 28.5. The largest absolute Gasteiger partial charge is 0.465 e. The summed E-state index contributed by atoms with van der Waals surface area (Å²) < 4.78 is 4.81. The lowest BCUT2D eigenvalue weighted by atomic mass is 9.89. The molecule has 5 nitrogen and oxygen atoms in total. The minimum Gasteiger partial charge on any atom is -0.465 e. The molecule has 0 spiro atoms. The molecule has 0 aromatic heterocycles. The molecule has 2 aromatic carbocycles. The molecule has 1 unspecified atom stereocenters. The van der Waals surface area contributed by atoms with Crippen molar-refractivity contribution in [2.75, 3.05) is 39.8 Å². The third kappa shape index (κ3) is 7.80. The number of likely N-dealkylation sites (tertiary alicyclic amines) is 1. The van der Waals surface area contributed by atoms with E-state index in [1.54, 1.807) is 0 Å². The normalized spacial score (nSPS) is 20.4. The van der Waals surface area contributed by atoms with E-state index in [2.05, 4.69) is 64.4 Å². The Morgan fingerprint density at radius 1 is 0.925 bits per heavy atom. The smallest absolute Gasteiger partial charge is 0.337 e. The molecular weight excluding hydrogens is 496 g/mol. The van der Waals surface area contributed by atoms with Gasteiger partial charge in [-0.25, -0.2) is 4.79 Å². The van der Waals surface area contributed by atoms with Crippen molar-refractivity contribution in [2.24, 2.45) is 11.8 Å². The SMILES string of the molecule is COC(=O)C1=CCC(CN2CCC(CCCC(=O)c3ccc4c(c3)CCN(Cc3ccccc3)CC4)CC2)C=C1. The molecule has 1 aliphatic carbocycles. The Hall–Kier alpha value is -3.02. The number of rotatable bonds is 10. The highest BCUT2D eigenvalue weighted by atomic mass is 16.5. The molecule has 0 radical (unpaired) electrons. The number of Topliss-reactive ketones (excluding diaryl/α,β-unsaturated/α-hetero) is 1. The summed E-state index contributed by atoms with van der Waals surface area (Å²) in [5, 5.41) is 0. The van der Waals surface area contributed by atoms with Crippen molar-refractivity contribution in [3.63, 3.8) is 0 Å². The molecule has 2 aliphatic heterocycles. The van der Waals surface area contributed by atoms with E-state index in [0.717, 1.165) is 82.9 Å². The molecule has 2 aromatic rings. The summed E-state index contributed by atoms with van der Waals surface area (Å²) in [5.41, 5.74) is 5.70. The van der Waals surface area contributed by atoms with Crippen molar-refractivity contribution in [3.8, 4) is 0 Å². The predicted octanol–water partition coefficient (Wildman–Crippen LogP) is 6.03. The minimum atomic E-state index is -0.248. The van der Waals surface area contributed by atoms with Gasteiger partial charge in [0, 0.05) is 38.2 Å². The zero-order chi connectivity index (χ0) is 27.7. The van der Waals surface area contributed by atoms with E-state index in [-0.39, 0.29) is 5.97 Å². The summed E-state index contributed by atoms with van der Waals surface area (Å²) in [6.07, 6.45) is 14.3. The maximum Gasteiger partial charge on any atom is 0.337 e. The maximum absolute atomic E-state index is 13.1. The summed E-state index contributed by atoms with van der Waals surface area (Å²) in [5.74, 6) is 1.24. The Morgan fingerprint density at radius 2 is 1.70 bits per heavy atom. The Morgan fingerprint density at radius 3 is 2.42 bits per heavy atom. The molecule has 3 aliphatic rings. The number of ether oxygens (including phenoxy) is 1. The van der Waals surface area contributed by atoms with Crippen LogP contribution >= 0.6 is 0 Å². The number of benzene rings is 2. The third-order valence-electron chi connectivity index (χ3n) is 9.00. The summed E-state index contributed by atoms with van der Waals surface area (Å²) >= 11 is 0. The van der Waals surface area contributed by atoms with E-state index < -0.39 is 0 Å².